The van der Waals surface area contributed by atoms with E-state index in [1.165, 1.54) is 22.0 Å². The van der Waals surface area contributed by atoms with Crippen LogP contribution in [0.3, 0.4) is 0 Å². The van der Waals surface area contributed by atoms with Crippen molar-refractivity contribution in [2.24, 2.45) is 0 Å². The molecule has 2 heterocycles. The first kappa shape index (κ1) is 15.4. The summed E-state index contributed by atoms with van der Waals surface area (Å²) in [6, 6.07) is 3.05. The maximum Gasteiger partial charge on any atom is 0.275 e. The molecule has 0 unspecified atom stereocenters. The summed E-state index contributed by atoms with van der Waals surface area (Å²) in [5.74, 6) is -0.261. The molecule has 0 aliphatic rings. The number of nitrogens with one attached hydrogen (secondary N) is 1. The van der Waals surface area contributed by atoms with E-state index in [1.54, 1.807) is 17.6 Å². The molecular formula is C15H19N3O2S. The highest BCUT2D eigenvalue weighted by Crippen LogP contribution is 2.25. The maximum absolute atomic E-state index is 12.2. The van der Waals surface area contributed by atoms with Crippen LogP contribution in [0, 0.1) is 0 Å². The van der Waals surface area contributed by atoms with E-state index in [2.05, 4.69) is 31.1 Å². The average Bonchev–Trinajstić information content (AvgIpc) is 2.90. The molecule has 1 amide bonds. The molecule has 0 saturated carbocycles. The number of pyridine rings is 1. The predicted octanol–water partition coefficient (Wildman–Crippen LogP) is 2.87. The minimum atomic E-state index is -0.261. The van der Waals surface area contributed by atoms with Crippen LogP contribution < -0.4 is 10.9 Å². The smallest absolute Gasteiger partial charge is 0.275 e. The van der Waals surface area contributed by atoms with E-state index in [0.717, 1.165) is 5.01 Å². The van der Waals surface area contributed by atoms with Crippen LogP contribution in [0.1, 0.15) is 43.2 Å². The molecule has 2 rings (SSSR count). The van der Waals surface area contributed by atoms with Gasteiger partial charge in [-0.05, 0) is 13.0 Å². The molecule has 0 saturated heterocycles. The topological polar surface area (TPSA) is 64.0 Å². The first-order valence-electron chi connectivity index (χ1n) is 6.79. The van der Waals surface area contributed by atoms with Gasteiger partial charge in [-0.15, -0.1) is 11.3 Å². The van der Waals surface area contributed by atoms with Crippen LogP contribution in [0.4, 0.5) is 5.69 Å². The SMILES string of the molecule is CCn1cc(NC(=O)c2csc(C(C)(C)C)n2)ccc1=O. The lowest BCUT2D eigenvalue weighted by Gasteiger charge is -2.13. The fourth-order valence-corrected chi connectivity index (χ4v) is 2.66. The second kappa shape index (κ2) is 5.81. The van der Waals surface area contributed by atoms with Gasteiger partial charge in [0.1, 0.15) is 5.69 Å². The molecule has 2 aromatic rings. The fourth-order valence-electron chi connectivity index (χ4n) is 1.77. The summed E-state index contributed by atoms with van der Waals surface area (Å²) in [6.45, 7) is 8.62. The Morgan fingerprint density at radius 2 is 2.10 bits per heavy atom. The molecule has 21 heavy (non-hydrogen) atoms. The Bertz CT molecular complexity index is 710. The lowest BCUT2D eigenvalue weighted by atomic mass is 9.98. The van der Waals surface area contributed by atoms with Gasteiger partial charge in [0, 0.05) is 29.6 Å². The number of rotatable bonds is 3. The van der Waals surface area contributed by atoms with Crippen molar-refractivity contribution >= 4 is 22.9 Å². The summed E-state index contributed by atoms with van der Waals surface area (Å²) in [7, 11) is 0. The van der Waals surface area contributed by atoms with E-state index < -0.39 is 0 Å². The van der Waals surface area contributed by atoms with Crippen molar-refractivity contribution in [1.82, 2.24) is 9.55 Å². The second-order valence-electron chi connectivity index (χ2n) is 5.78. The number of hydrogen-bond acceptors (Lipinski definition) is 4. The molecule has 2 aromatic heterocycles. The number of aromatic nitrogens is 2. The van der Waals surface area contributed by atoms with Gasteiger partial charge >= 0.3 is 0 Å². The number of hydrogen-bond donors (Lipinski definition) is 1. The molecule has 0 aliphatic carbocycles. The number of anilines is 1. The van der Waals surface area contributed by atoms with Gasteiger partial charge in [-0.2, -0.15) is 0 Å². The van der Waals surface area contributed by atoms with Crippen LogP contribution >= 0.6 is 11.3 Å². The number of nitrogens with zero attached hydrogens (tertiary/aromatic N) is 2. The Hall–Kier alpha value is -1.95. The normalized spacial score (nSPS) is 11.4. The predicted molar refractivity (Wildman–Crippen MR) is 85.1 cm³/mol. The number of thiazole rings is 1. The van der Waals surface area contributed by atoms with Gasteiger partial charge in [-0.25, -0.2) is 4.98 Å². The first-order chi connectivity index (χ1) is 9.81. The highest BCUT2D eigenvalue weighted by Gasteiger charge is 2.20. The van der Waals surface area contributed by atoms with Crippen LogP contribution in [0.5, 0.6) is 0 Å². The van der Waals surface area contributed by atoms with Gasteiger partial charge in [-0.1, -0.05) is 20.8 Å². The van der Waals surface area contributed by atoms with Gasteiger partial charge in [0.05, 0.1) is 10.7 Å². The Labute approximate surface area is 127 Å². The number of carbonyl (C=O) groups is 1. The average molecular weight is 305 g/mol. The van der Waals surface area contributed by atoms with Crippen LogP contribution in [0.25, 0.3) is 0 Å². The summed E-state index contributed by atoms with van der Waals surface area (Å²) in [4.78, 5) is 28.1. The lowest BCUT2D eigenvalue weighted by molar-refractivity contribution is 0.102. The minimum Gasteiger partial charge on any atom is -0.319 e. The van der Waals surface area contributed by atoms with E-state index in [9.17, 15) is 9.59 Å². The molecule has 0 fully saturated rings. The Balaban J connectivity index is 2.18. The van der Waals surface area contributed by atoms with E-state index in [1.807, 2.05) is 6.92 Å². The number of carbonyl (C=O) groups excluding carboxylic acids is 1. The minimum absolute atomic E-state index is 0.0708. The molecule has 1 N–H and O–H groups in total. The maximum atomic E-state index is 12.2. The van der Waals surface area contributed by atoms with Crippen LogP contribution in [0.2, 0.25) is 0 Å². The van der Waals surface area contributed by atoms with Crippen molar-refractivity contribution in [2.45, 2.75) is 39.7 Å². The van der Waals surface area contributed by atoms with Crippen molar-refractivity contribution < 1.29 is 4.79 Å². The quantitative estimate of drug-likeness (QED) is 0.948. The van der Waals surface area contributed by atoms with Gasteiger partial charge in [-0.3, -0.25) is 9.59 Å². The van der Waals surface area contributed by atoms with Crippen molar-refractivity contribution in [3.63, 3.8) is 0 Å². The summed E-state index contributed by atoms with van der Waals surface area (Å²) < 4.78 is 1.54. The standard InChI is InChI=1S/C15H19N3O2S/c1-5-18-8-10(6-7-12(18)19)16-13(20)11-9-21-14(17-11)15(2,3)4/h6-9H,5H2,1-4H3,(H,16,20). The molecular weight excluding hydrogens is 286 g/mol. The lowest BCUT2D eigenvalue weighted by Crippen LogP contribution is -2.20. The van der Waals surface area contributed by atoms with E-state index in [4.69, 9.17) is 0 Å². The Morgan fingerprint density at radius 1 is 1.38 bits per heavy atom. The molecule has 0 bridgehead atoms. The zero-order valence-corrected chi connectivity index (χ0v) is 13.5. The highest BCUT2D eigenvalue weighted by atomic mass is 32.1. The van der Waals surface area contributed by atoms with E-state index in [-0.39, 0.29) is 16.9 Å². The molecule has 6 heteroatoms. The molecule has 0 aliphatic heterocycles. The zero-order chi connectivity index (χ0) is 15.6. The third-order valence-electron chi connectivity index (χ3n) is 2.96. The third-order valence-corrected chi connectivity index (χ3v) is 4.23. The molecule has 5 nitrogen and oxygen atoms in total. The zero-order valence-electron chi connectivity index (χ0n) is 12.6. The van der Waals surface area contributed by atoms with Crippen molar-refractivity contribution in [1.29, 1.82) is 0 Å². The van der Waals surface area contributed by atoms with Gasteiger partial charge in [0.2, 0.25) is 0 Å². The fraction of sp³-hybridized carbons (Fsp3) is 0.400. The van der Waals surface area contributed by atoms with Gasteiger partial charge in [0.25, 0.3) is 11.5 Å². The van der Waals surface area contributed by atoms with Crippen molar-refractivity contribution in [3.05, 3.63) is 44.8 Å². The molecule has 0 spiro atoms. The molecule has 112 valence electrons. The first-order valence-corrected chi connectivity index (χ1v) is 7.67. The second-order valence-corrected chi connectivity index (χ2v) is 6.64. The van der Waals surface area contributed by atoms with Crippen molar-refractivity contribution in [2.75, 3.05) is 5.32 Å². The highest BCUT2D eigenvalue weighted by molar-refractivity contribution is 7.10. The monoisotopic (exact) mass is 305 g/mol. The molecule has 0 atom stereocenters. The van der Waals surface area contributed by atoms with Gasteiger partial charge in [0.15, 0.2) is 0 Å². The molecule has 0 radical (unpaired) electrons. The van der Waals surface area contributed by atoms with Crippen LogP contribution in [-0.2, 0) is 12.0 Å². The van der Waals surface area contributed by atoms with Crippen LogP contribution in [-0.4, -0.2) is 15.5 Å². The van der Waals surface area contributed by atoms with Crippen LogP contribution in [0.15, 0.2) is 28.5 Å². The Morgan fingerprint density at radius 3 is 2.67 bits per heavy atom. The molecule has 0 aromatic carbocycles. The largest absolute Gasteiger partial charge is 0.319 e. The summed E-state index contributed by atoms with van der Waals surface area (Å²) in [6.07, 6.45) is 1.64. The van der Waals surface area contributed by atoms with E-state index >= 15 is 0 Å². The van der Waals surface area contributed by atoms with Crippen molar-refractivity contribution in [3.8, 4) is 0 Å². The van der Waals surface area contributed by atoms with Gasteiger partial charge < -0.3 is 9.88 Å². The summed E-state index contributed by atoms with van der Waals surface area (Å²) >= 11 is 1.48. The number of aryl methyl sites for hydroxylation is 1. The summed E-state index contributed by atoms with van der Waals surface area (Å²) in [5, 5.41) is 5.45. The Kier molecular flexibility index (Phi) is 4.27. The summed E-state index contributed by atoms with van der Waals surface area (Å²) in [5.41, 5.74) is 0.837. The van der Waals surface area contributed by atoms with E-state index in [0.29, 0.717) is 17.9 Å². The third kappa shape index (κ3) is 3.58. The number of amides is 1.